The van der Waals surface area contributed by atoms with Gasteiger partial charge in [-0.3, -0.25) is 0 Å². The van der Waals surface area contributed by atoms with Crippen LogP contribution in [0.5, 0.6) is 0 Å². The maximum absolute atomic E-state index is 5.60. The normalized spacial score (nSPS) is 11.0. The fourth-order valence-corrected chi connectivity index (χ4v) is 2.00. The number of thioether (sulfide) groups is 1. The summed E-state index contributed by atoms with van der Waals surface area (Å²) in [6.07, 6.45) is 0. The summed E-state index contributed by atoms with van der Waals surface area (Å²) >= 11 is 1.58. The van der Waals surface area contributed by atoms with Crippen molar-refractivity contribution in [3.8, 4) is 11.5 Å². The quantitative estimate of drug-likeness (QED) is 0.761. The fraction of sp³-hybridized carbons (Fsp3) is 0.333. The molecule has 0 saturated heterocycles. The highest BCUT2D eigenvalue weighted by molar-refractivity contribution is 7.99. The van der Waals surface area contributed by atoms with Gasteiger partial charge in [0, 0.05) is 10.8 Å². The third-order valence-electron chi connectivity index (χ3n) is 2.12. The molecule has 1 aromatic heterocycles. The molecule has 1 heterocycles. The number of aryl methyl sites for hydroxylation is 1. The van der Waals surface area contributed by atoms with E-state index in [1.165, 1.54) is 0 Å². The highest BCUT2D eigenvalue weighted by Gasteiger charge is 2.11. The maximum Gasteiger partial charge on any atom is 0.277 e. The lowest BCUT2D eigenvalue weighted by molar-refractivity contribution is 0.465. The lowest BCUT2D eigenvalue weighted by Crippen LogP contribution is -1.84. The summed E-state index contributed by atoms with van der Waals surface area (Å²) in [5.41, 5.74) is 2.15. The first-order chi connectivity index (χ1) is 7.66. The van der Waals surface area contributed by atoms with Crippen LogP contribution in [0.2, 0.25) is 0 Å². The summed E-state index contributed by atoms with van der Waals surface area (Å²) in [7, 11) is 0. The van der Waals surface area contributed by atoms with E-state index in [0.717, 1.165) is 11.1 Å². The van der Waals surface area contributed by atoms with E-state index in [4.69, 9.17) is 4.42 Å². The van der Waals surface area contributed by atoms with Crippen LogP contribution in [0.1, 0.15) is 19.4 Å². The average Bonchev–Trinajstić information content (AvgIpc) is 2.66. The molecular formula is C12H14N2OS. The van der Waals surface area contributed by atoms with Gasteiger partial charge in [-0.25, -0.2) is 0 Å². The van der Waals surface area contributed by atoms with Gasteiger partial charge in [0.15, 0.2) is 0 Å². The van der Waals surface area contributed by atoms with Crippen molar-refractivity contribution in [1.82, 2.24) is 10.2 Å². The van der Waals surface area contributed by atoms with Gasteiger partial charge in [-0.05, 0) is 18.6 Å². The lowest BCUT2D eigenvalue weighted by Gasteiger charge is -1.99. The van der Waals surface area contributed by atoms with E-state index >= 15 is 0 Å². The Balaban J connectivity index is 2.28. The van der Waals surface area contributed by atoms with Crippen LogP contribution in [0.4, 0.5) is 0 Å². The molecule has 0 spiro atoms. The Morgan fingerprint density at radius 3 is 2.62 bits per heavy atom. The van der Waals surface area contributed by atoms with E-state index in [1.54, 1.807) is 11.8 Å². The molecule has 2 aromatic rings. The van der Waals surface area contributed by atoms with E-state index in [0.29, 0.717) is 16.4 Å². The van der Waals surface area contributed by atoms with Crippen LogP contribution in [0.15, 0.2) is 33.9 Å². The van der Waals surface area contributed by atoms with Crippen molar-refractivity contribution in [3.63, 3.8) is 0 Å². The second kappa shape index (κ2) is 4.70. The van der Waals surface area contributed by atoms with E-state index < -0.39 is 0 Å². The van der Waals surface area contributed by atoms with E-state index in [1.807, 2.05) is 31.2 Å². The van der Waals surface area contributed by atoms with Gasteiger partial charge in [0.25, 0.3) is 5.22 Å². The number of hydrogen-bond donors (Lipinski definition) is 0. The van der Waals surface area contributed by atoms with Crippen molar-refractivity contribution in [2.24, 2.45) is 0 Å². The van der Waals surface area contributed by atoms with Gasteiger partial charge in [-0.1, -0.05) is 43.8 Å². The standard InChI is InChI=1S/C12H14N2OS/c1-8(2)16-12-14-13-11(15-12)10-7-5-4-6-9(10)3/h4-8H,1-3H3. The molecule has 16 heavy (non-hydrogen) atoms. The summed E-state index contributed by atoms with van der Waals surface area (Å²) in [4.78, 5) is 0. The molecule has 3 nitrogen and oxygen atoms in total. The molecule has 0 aliphatic heterocycles. The summed E-state index contributed by atoms with van der Waals surface area (Å²) in [5.74, 6) is 0.598. The molecule has 0 unspecified atom stereocenters. The van der Waals surface area contributed by atoms with Crippen molar-refractivity contribution in [2.45, 2.75) is 31.2 Å². The van der Waals surface area contributed by atoms with Crippen molar-refractivity contribution in [1.29, 1.82) is 0 Å². The van der Waals surface area contributed by atoms with Crippen LogP contribution >= 0.6 is 11.8 Å². The minimum Gasteiger partial charge on any atom is -0.411 e. The van der Waals surface area contributed by atoms with Gasteiger partial charge in [-0.2, -0.15) is 0 Å². The van der Waals surface area contributed by atoms with Crippen molar-refractivity contribution < 1.29 is 4.42 Å². The molecule has 1 aromatic carbocycles. The van der Waals surface area contributed by atoms with Crippen LogP contribution in [-0.2, 0) is 0 Å². The molecule has 0 N–H and O–H groups in total. The second-order valence-electron chi connectivity index (χ2n) is 3.85. The molecule has 0 aliphatic carbocycles. The van der Waals surface area contributed by atoms with Crippen LogP contribution in [0.25, 0.3) is 11.5 Å². The fourth-order valence-electron chi connectivity index (χ4n) is 1.38. The van der Waals surface area contributed by atoms with E-state index in [-0.39, 0.29) is 0 Å². The van der Waals surface area contributed by atoms with E-state index in [2.05, 4.69) is 24.0 Å². The molecule has 0 amide bonds. The third kappa shape index (κ3) is 2.44. The molecule has 0 saturated carbocycles. The zero-order chi connectivity index (χ0) is 11.5. The predicted molar refractivity (Wildman–Crippen MR) is 65.5 cm³/mol. The molecule has 0 bridgehead atoms. The summed E-state index contributed by atoms with van der Waals surface area (Å²) < 4.78 is 5.60. The monoisotopic (exact) mass is 234 g/mol. The van der Waals surface area contributed by atoms with Crippen molar-refractivity contribution in [2.75, 3.05) is 0 Å². The largest absolute Gasteiger partial charge is 0.411 e. The average molecular weight is 234 g/mol. The molecule has 0 fully saturated rings. The van der Waals surface area contributed by atoms with Gasteiger partial charge >= 0.3 is 0 Å². The number of hydrogen-bond acceptors (Lipinski definition) is 4. The zero-order valence-electron chi connectivity index (χ0n) is 9.60. The minimum absolute atomic E-state index is 0.449. The van der Waals surface area contributed by atoms with Crippen LogP contribution in [0, 0.1) is 6.92 Å². The zero-order valence-corrected chi connectivity index (χ0v) is 10.4. The molecule has 2 rings (SSSR count). The maximum atomic E-state index is 5.60. The molecule has 0 radical (unpaired) electrons. The van der Waals surface area contributed by atoms with Crippen LogP contribution in [0.3, 0.4) is 0 Å². The number of nitrogens with zero attached hydrogens (tertiary/aromatic N) is 2. The highest BCUT2D eigenvalue weighted by atomic mass is 32.2. The minimum atomic E-state index is 0.449. The third-order valence-corrected chi connectivity index (χ3v) is 2.96. The van der Waals surface area contributed by atoms with Gasteiger partial charge in [0.2, 0.25) is 5.89 Å². The summed E-state index contributed by atoms with van der Waals surface area (Å²) in [6.45, 7) is 6.24. The molecule has 4 heteroatoms. The second-order valence-corrected chi connectivity index (χ2v) is 5.38. The Morgan fingerprint density at radius 1 is 1.19 bits per heavy atom. The first-order valence-electron chi connectivity index (χ1n) is 5.23. The Hall–Kier alpha value is -1.29. The van der Waals surface area contributed by atoms with Gasteiger partial charge < -0.3 is 4.42 Å². The molecule has 84 valence electrons. The van der Waals surface area contributed by atoms with Gasteiger partial charge in [0.05, 0.1) is 0 Å². The number of aromatic nitrogens is 2. The Kier molecular flexibility index (Phi) is 3.29. The predicted octanol–water partition coefficient (Wildman–Crippen LogP) is 3.55. The first-order valence-corrected chi connectivity index (χ1v) is 6.11. The molecular weight excluding hydrogens is 220 g/mol. The molecule has 0 aliphatic rings. The van der Waals surface area contributed by atoms with Gasteiger partial charge in [-0.15, -0.1) is 10.2 Å². The lowest BCUT2D eigenvalue weighted by atomic mass is 10.1. The topological polar surface area (TPSA) is 38.9 Å². The first kappa shape index (κ1) is 11.2. The van der Waals surface area contributed by atoms with E-state index in [9.17, 15) is 0 Å². The Labute approximate surface area is 99.3 Å². The SMILES string of the molecule is Cc1ccccc1-c1nnc(SC(C)C)o1. The summed E-state index contributed by atoms with van der Waals surface area (Å²) in [6, 6.07) is 8.00. The Bertz CT molecular complexity index is 479. The van der Waals surface area contributed by atoms with Gasteiger partial charge in [0.1, 0.15) is 0 Å². The Morgan fingerprint density at radius 2 is 1.94 bits per heavy atom. The van der Waals surface area contributed by atoms with Crippen LogP contribution < -0.4 is 0 Å². The highest BCUT2D eigenvalue weighted by Crippen LogP contribution is 2.27. The number of rotatable bonds is 3. The summed E-state index contributed by atoms with van der Waals surface area (Å²) in [5, 5.41) is 9.16. The number of benzene rings is 1. The van der Waals surface area contributed by atoms with Crippen molar-refractivity contribution in [3.05, 3.63) is 29.8 Å². The van der Waals surface area contributed by atoms with Crippen LogP contribution in [-0.4, -0.2) is 15.4 Å². The van der Waals surface area contributed by atoms with Crippen molar-refractivity contribution >= 4 is 11.8 Å². The molecule has 0 atom stereocenters. The smallest absolute Gasteiger partial charge is 0.277 e.